The predicted molar refractivity (Wildman–Crippen MR) is 168 cm³/mol. The molecule has 1 fully saturated rings. The number of aromatic amines is 1. The van der Waals surface area contributed by atoms with E-state index >= 15 is 0 Å². The summed E-state index contributed by atoms with van der Waals surface area (Å²) in [4.78, 5) is 35.9. The molecule has 1 saturated heterocycles. The zero-order chi connectivity index (χ0) is 34.4. The monoisotopic (exact) mass is 667 g/mol. The number of hydrogen-bond acceptors (Lipinski definition) is 10. The molecule has 0 aliphatic carbocycles. The van der Waals surface area contributed by atoms with E-state index in [2.05, 4.69) is 17.2 Å². The van der Waals surface area contributed by atoms with E-state index < -0.39 is 62.5 Å². The second-order valence-electron chi connectivity index (χ2n) is 11.4. The summed E-state index contributed by atoms with van der Waals surface area (Å²) < 4.78 is 51.1. The van der Waals surface area contributed by atoms with E-state index in [1.165, 1.54) is 70.9 Å². The minimum atomic E-state index is -5.14. The molecule has 0 radical (unpaired) electrons. The summed E-state index contributed by atoms with van der Waals surface area (Å²) in [6, 6.07) is 0.259. The molecule has 1 aliphatic rings. The summed E-state index contributed by atoms with van der Waals surface area (Å²) in [5.74, 6) is -0.428. The van der Waals surface area contributed by atoms with E-state index in [4.69, 9.17) is 33.5 Å². The second kappa shape index (κ2) is 19.9. The Morgan fingerprint density at radius 2 is 1.75 bits per heavy atom. The van der Waals surface area contributed by atoms with Crippen LogP contribution < -0.4 is 10.9 Å². The van der Waals surface area contributed by atoms with Crippen LogP contribution in [0.3, 0.4) is 0 Å². The molecule has 1 amide bonds. The first-order valence-electron chi connectivity index (χ1n) is 16.5. The third-order valence-corrected chi connectivity index (χ3v) is 8.48. The fourth-order valence-electron chi connectivity index (χ4n) is 4.87. The SMILES string of the molecule is [2H]C([2H])(OP(=O)(O)OC[C@@H](COCCCCCCCCCCCCCC)NC(C)=O)[C@H]1O[C@@H](n2ccc(=O)[nH]c2=S)C(C)(O)[C@H]1O. The van der Waals surface area contributed by atoms with Crippen molar-refractivity contribution in [3.05, 3.63) is 27.4 Å². The molecule has 1 aromatic heterocycles. The number of aliphatic hydroxyl groups is 2. The zero-order valence-electron chi connectivity index (χ0n) is 28.1. The Morgan fingerprint density at radius 3 is 2.32 bits per heavy atom. The molecule has 5 N–H and O–H groups in total. The Morgan fingerprint density at radius 1 is 1.16 bits per heavy atom. The van der Waals surface area contributed by atoms with E-state index in [-0.39, 0.29) is 11.4 Å². The summed E-state index contributed by atoms with van der Waals surface area (Å²) in [5, 5.41) is 24.2. The van der Waals surface area contributed by atoms with Crippen molar-refractivity contribution < 1.29 is 45.7 Å². The summed E-state index contributed by atoms with van der Waals surface area (Å²) in [6.45, 7) is 1.36. The van der Waals surface area contributed by atoms with E-state index in [0.717, 1.165) is 36.8 Å². The maximum atomic E-state index is 12.7. The number of H-pyrrole nitrogens is 1. The van der Waals surface area contributed by atoms with Crippen molar-refractivity contribution in [1.82, 2.24) is 14.9 Å². The lowest BCUT2D eigenvalue weighted by molar-refractivity contribution is -0.120. The van der Waals surface area contributed by atoms with Gasteiger partial charge in [-0.05, 0) is 25.6 Å². The standard InChI is InChI=1S/C29H52N3O10PS/c1-4-5-6-7-8-9-10-11-12-13-14-15-18-39-19-23(30-22(2)33)20-40-43(37,38)41-21-24-26(35)29(3,36)27(42-24)32-17-16-25(34)31-28(32)44/h16-17,23-24,26-27,35-36H,4-15,18-21H2,1-3H3,(H,30,33)(H,37,38)(H,31,34,44)/t23-,24-,26+,27-,29?/m1/s1/i21D2. The number of unbranched alkanes of at least 4 members (excludes halogenated alkanes) is 11. The third-order valence-electron chi connectivity index (χ3n) is 7.36. The molecule has 0 aromatic carbocycles. The summed E-state index contributed by atoms with van der Waals surface area (Å²) >= 11 is 5.08. The van der Waals surface area contributed by atoms with Crippen LogP contribution in [0.25, 0.3) is 0 Å². The fourth-order valence-corrected chi connectivity index (χ4v) is 5.79. The van der Waals surface area contributed by atoms with Crippen molar-refractivity contribution >= 4 is 25.9 Å². The Bertz CT molecular complexity index is 1230. The Kier molecular flexibility index (Phi) is 16.0. The Hall–Kier alpha value is -1.48. The normalized spacial score (nSPS) is 24.8. The van der Waals surface area contributed by atoms with Gasteiger partial charge in [-0.2, -0.15) is 0 Å². The largest absolute Gasteiger partial charge is 0.472 e. The molecule has 6 atom stereocenters. The molecule has 2 rings (SSSR count). The number of carbonyl (C=O) groups is 1. The number of nitrogens with one attached hydrogen (secondary N) is 2. The first-order chi connectivity index (χ1) is 21.6. The van der Waals surface area contributed by atoms with Gasteiger partial charge in [-0.3, -0.25) is 28.2 Å². The highest BCUT2D eigenvalue weighted by atomic mass is 32.1. The fraction of sp³-hybridized carbons (Fsp3) is 0.828. The Labute approximate surface area is 268 Å². The van der Waals surface area contributed by atoms with Gasteiger partial charge >= 0.3 is 7.82 Å². The number of nitrogens with zero attached hydrogens (tertiary/aromatic N) is 1. The van der Waals surface area contributed by atoms with Gasteiger partial charge in [0.15, 0.2) is 11.0 Å². The van der Waals surface area contributed by atoms with Gasteiger partial charge in [-0.25, -0.2) is 4.57 Å². The van der Waals surface area contributed by atoms with Gasteiger partial charge in [0.2, 0.25) is 5.91 Å². The van der Waals surface area contributed by atoms with E-state index in [0.29, 0.717) is 6.61 Å². The van der Waals surface area contributed by atoms with Crippen LogP contribution in [0, 0.1) is 4.77 Å². The number of carbonyl (C=O) groups excluding carboxylic acids is 1. The molecule has 1 aromatic rings. The molecular formula is C29H52N3O10PS. The molecule has 0 spiro atoms. The molecule has 13 nitrogen and oxygen atoms in total. The van der Waals surface area contributed by atoms with Crippen LogP contribution in [0.15, 0.2) is 17.1 Å². The first kappa shape index (κ1) is 35.4. The molecule has 1 aliphatic heterocycles. The smallest absolute Gasteiger partial charge is 0.387 e. The van der Waals surface area contributed by atoms with E-state index in [9.17, 15) is 29.3 Å². The number of aromatic nitrogens is 2. The molecule has 2 heterocycles. The minimum absolute atomic E-state index is 0.0146. The van der Waals surface area contributed by atoms with Crippen LogP contribution in [0.5, 0.6) is 0 Å². The first-order valence-corrected chi connectivity index (χ1v) is 17.4. The second-order valence-corrected chi connectivity index (χ2v) is 13.2. The van der Waals surface area contributed by atoms with Crippen LogP contribution in [-0.4, -0.2) is 80.8 Å². The average molecular weight is 668 g/mol. The van der Waals surface area contributed by atoms with Gasteiger partial charge in [0, 0.05) is 25.8 Å². The quantitative estimate of drug-likeness (QED) is 0.0639. The lowest BCUT2D eigenvalue weighted by Crippen LogP contribution is -2.44. The summed E-state index contributed by atoms with van der Waals surface area (Å²) in [6.07, 6.45) is 10.2. The van der Waals surface area contributed by atoms with Crippen molar-refractivity contribution in [3.8, 4) is 0 Å². The van der Waals surface area contributed by atoms with Crippen LogP contribution in [0.1, 0.15) is 107 Å². The summed E-state index contributed by atoms with van der Waals surface area (Å²) in [5.41, 5.74) is -2.68. The van der Waals surface area contributed by atoms with Crippen LogP contribution in [0.4, 0.5) is 0 Å². The third kappa shape index (κ3) is 13.9. The van der Waals surface area contributed by atoms with E-state index in [1.807, 2.05) is 0 Å². The average Bonchev–Trinajstić information content (AvgIpc) is 3.20. The number of rotatable bonds is 23. The van der Waals surface area contributed by atoms with Gasteiger partial charge in [-0.15, -0.1) is 0 Å². The van der Waals surface area contributed by atoms with Gasteiger partial charge in [0.1, 0.15) is 17.8 Å². The lowest BCUT2D eigenvalue weighted by Gasteiger charge is -2.28. The van der Waals surface area contributed by atoms with Crippen molar-refractivity contribution in [2.75, 3.05) is 26.4 Å². The van der Waals surface area contributed by atoms with Crippen LogP contribution in [0.2, 0.25) is 0 Å². The number of amides is 1. The molecule has 254 valence electrons. The lowest BCUT2D eigenvalue weighted by atomic mass is 9.96. The summed E-state index contributed by atoms with van der Waals surface area (Å²) in [7, 11) is -5.14. The van der Waals surface area contributed by atoms with Gasteiger partial charge in [-0.1, -0.05) is 77.6 Å². The van der Waals surface area contributed by atoms with Crippen LogP contribution in [-0.2, 0) is 27.9 Å². The molecule has 44 heavy (non-hydrogen) atoms. The topological polar surface area (TPSA) is 182 Å². The number of phosphoric acid groups is 1. The zero-order valence-corrected chi connectivity index (χ0v) is 27.8. The highest BCUT2D eigenvalue weighted by Crippen LogP contribution is 2.45. The highest BCUT2D eigenvalue weighted by Gasteiger charge is 2.53. The van der Waals surface area contributed by atoms with Gasteiger partial charge in [0.25, 0.3) is 5.56 Å². The Balaban J connectivity index is 1.80. The van der Waals surface area contributed by atoms with E-state index in [1.54, 1.807) is 0 Å². The van der Waals surface area contributed by atoms with Crippen molar-refractivity contribution in [2.45, 2.75) is 128 Å². The minimum Gasteiger partial charge on any atom is -0.387 e. The number of aliphatic hydroxyl groups excluding tert-OH is 1. The predicted octanol–water partition coefficient (Wildman–Crippen LogP) is 4.27. The van der Waals surface area contributed by atoms with Gasteiger partial charge < -0.3 is 29.9 Å². The molecule has 0 bridgehead atoms. The number of ether oxygens (including phenoxy) is 2. The van der Waals surface area contributed by atoms with Crippen LogP contribution >= 0.6 is 20.0 Å². The van der Waals surface area contributed by atoms with Gasteiger partial charge in [0.05, 0.1) is 28.6 Å². The molecule has 0 saturated carbocycles. The number of phosphoric ester groups is 1. The van der Waals surface area contributed by atoms with Crippen molar-refractivity contribution in [3.63, 3.8) is 0 Å². The van der Waals surface area contributed by atoms with Crippen molar-refractivity contribution in [1.29, 1.82) is 0 Å². The highest BCUT2D eigenvalue weighted by molar-refractivity contribution is 7.71. The molecule has 2 unspecified atom stereocenters. The number of hydrogen-bond donors (Lipinski definition) is 5. The molecule has 15 heteroatoms. The maximum Gasteiger partial charge on any atom is 0.472 e. The van der Waals surface area contributed by atoms with Crippen molar-refractivity contribution in [2.24, 2.45) is 0 Å². The maximum absolute atomic E-state index is 12.7. The molecular weight excluding hydrogens is 613 g/mol.